The standard InChI is InChI=1S/C18H20N2O4/c1-3-14(18(22)23)20-17(21)16-7-5-6-15(19-16)12-8-10-13(11-9-12)24-4-2/h5-11,14H,3-4H2,1-2H3,(H,20,21)(H,22,23)/t14-/m0/s1. The molecule has 0 bridgehead atoms. The zero-order chi connectivity index (χ0) is 17.5. The summed E-state index contributed by atoms with van der Waals surface area (Å²) in [5.41, 5.74) is 1.66. The lowest BCUT2D eigenvalue weighted by Crippen LogP contribution is -2.40. The fourth-order valence-corrected chi connectivity index (χ4v) is 2.18. The van der Waals surface area contributed by atoms with Crippen molar-refractivity contribution in [2.24, 2.45) is 0 Å². The highest BCUT2D eigenvalue weighted by molar-refractivity contribution is 5.95. The normalized spacial score (nSPS) is 11.6. The minimum absolute atomic E-state index is 0.182. The van der Waals surface area contributed by atoms with E-state index in [-0.39, 0.29) is 5.69 Å². The Morgan fingerprint density at radius 2 is 1.88 bits per heavy atom. The first-order valence-corrected chi connectivity index (χ1v) is 7.79. The Labute approximate surface area is 140 Å². The van der Waals surface area contributed by atoms with Crippen LogP contribution in [0.1, 0.15) is 30.8 Å². The lowest BCUT2D eigenvalue weighted by atomic mass is 10.1. The van der Waals surface area contributed by atoms with E-state index in [0.717, 1.165) is 11.3 Å². The Morgan fingerprint density at radius 1 is 1.17 bits per heavy atom. The number of rotatable bonds is 7. The second-order valence-corrected chi connectivity index (χ2v) is 5.14. The number of nitrogens with zero attached hydrogens (tertiary/aromatic N) is 1. The highest BCUT2D eigenvalue weighted by Gasteiger charge is 2.19. The number of carbonyl (C=O) groups is 2. The number of ether oxygens (including phenoxy) is 1. The van der Waals surface area contributed by atoms with E-state index in [1.165, 1.54) is 0 Å². The third kappa shape index (κ3) is 4.32. The number of hydrogen-bond donors (Lipinski definition) is 2. The maximum atomic E-state index is 12.2. The zero-order valence-corrected chi connectivity index (χ0v) is 13.7. The Bertz CT molecular complexity index is 713. The minimum Gasteiger partial charge on any atom is -0.494 e. The average molecular weight is 328 g/mol. The third-order valence-electron chi connectivity index (χ3n) is 3.45. The summed E-state index contributed by atoms with van der Waals surface area (Å²) in [6, 6.07) is 11.5. The smallest absolute Gasteiger partial charge is 0.326 e. The van der Waals surface area contributed by atoms with Gasteiger partial charge in [-0.05, 0) is 49.7 Å². The molecule has 0 aliphatic heterocycles. The lowest BCUT2D eigenvalue weighted by molar-refractivity contribution is -0.139. The highest BCUT2D eigenvalue weighted by atomic mass is 16.5. The summed E-state index contributed by atoms with van der Waals surface area (Å²) in [5.74, 6) is -0.798. The predicted molar refractivity (Wildman–Crippen MR) is 90.0 cm³/mol. The van der Waals surface area contributed by atoms with Gasteiger partial charge in [0.2, 0.25) is 0 Å². The molecule has 1 aromatic heterocycles. The van der Waals surface area contributed by atoms with E-state index in [1.807, 2.05) is 31.2 Å². The molecule has 0 radical (unpaired) electrons. The summed E-state index contributed by atoms with van der Waals surface area (Å²) in [4.78, 5) is 27.5. The molecule has 2 aromatic rings. The molecule has 1 aromatic carbocycles. The van der Waals surface area contributed by atoms with Crippen molar-refractivity contribution in [3.05, 3.63) is 48.2 Å². The summed E-state index contributed by atoms with van der Waals surface area (Å²) < 4.78 is 5.40. The number of carboxylic acid groups (broad SMARTS) is 1. The van der Waals surface area contributed by atoms with Crippen molar-refractivity contribution in [1.82, 2.24) is 10.3 Å². The number of aliphatic carboxylic acids is 1. The van der Waals surface area contributed by atoms with Gasteiger partial charge < -0.3 is 15.2 Å². The summed E-state index contributed by atoms with van der Waals surface area (Å²) in [6.07, 6.45) is 0.305. The van der Waals surface area contributed by atoms with Gasteiger partial charge in [0, 0.05) is 5.56 Å². The predicted octanol–water partition coefficient (Wildman–Crippen LogP) is 2.74. The van der Waals surface area contributed by atoms with Gasteiger partial charge >= 0.3 is 5.97 Å². The van der Waals surface area contributed by atoms with Crippen molar-refractivity contribution in [2.75, 3.05) is 6.61 Å². The molecule has 24 heavy (non-hydrogen) atoms. The molecule has 2 rings (SSSR count). The van der Waals surface area contributed by atoms with Gasteiger partial charge in [0.05, 0.1) is 12.3 Å². The van der Waals surface area contributed by atoms with Crippen LogP contribution >= 0.6 is 0 Å². The van der Waals surface area contributed by atoms with Crippen molar-refractivity contribution in [1.29, 1.82) is 0 Å². The van der Waals surface area contributed by atoms with Gasteiger partial charge in [-0.15, -0.1) is 0 Å². The number of benzene rings is 1. The van der Waals surface area contributed by atoms with Crippen LogP contribution in [0.3, 0.4) is 0 Å². The van der Waals surface area contributed by atoms with Crippen LogP contribution in [0.4, 0.5) is 0 Å². The maximum Gasteiger partial charge on any atom is 0.326 e. The molecule has 6 heteroatoms. The van der Waals surface area contributed by atoms with E-state index in [2.05, 4.69) is 10.3 Å². The van der Waals surface area contributed by atoms with Crippen LogP contribution in [0.5, 0.6) is 5.75 Å². The van der Waals surface area contributed by atoms with Crippen LogP contribution in [-0.2, 0) is 4.79 Å². The monoisotopic (exact) mass is 328 g/mol. The molecule has 0 saturated heterocycles. The fourth-order valence-electron chi connectivity index (χ4n) is 2.18. The molecule has 2 N–H and O–H groups in total. The van der Waals surface area contributed by atoms with Crippen LogP contribution in [0.2, 0.25) is 0 Å². The molecule has 0 saturated carbocycles. The number of hydrogen-bond acceptors (Lipinski definition) is 4. The Kier molecular flexibility index (Phi) is 5.89. The van der Waals surface area contributed by atoms with Crippen LogP contribution in [-0.4, -0.2) is 34.6 Å². The van der Waals surface area contributed by atoms with Gasteiger partial charge in [0.1, 0.15) is 17.5 Å². The van der Waals surface area contributed by atoms with E-state index in [1.54, 1.807) is 25.1 Å². The molecule has 1 amide bonds. The summed E-state index contributed by atoms with van der Waals surface area (Å²) in [5, 5.41) is 11.5. The van der Waals surface area contributed by atoms with Crippen LogP contribution in [0.15, 0.2) is 42.5 Å². The average Bonchev–Trinajstić information content (AvgIpc) is 2.60. The van der Waals surface area contributed by atoms with Gasteiger partial charge in [-0.3, -0.25) is 4.79 Å². The first-order chi connectivity index (χ1) is 11.5. The van der Waals surface area contributed by atoms with Gasteiger partial charge in [0.15, 0.2) is 0 Å². The van der Waals surface area contributed by atoms with Gasteiger partial charge in [-0.25, -0.2) is 9.78 Å². The number of aromatic nitrogens is 1. The number of carbonyl (C=O) groups excluding carboxylic acids is 1. The molecular weight excluding hydrogens is 308 g/mol. The van der Waals surface area contributed by atoms with Crippen molar-refractivity contribution in [2.45, 2.75) is 26.3 Å². The molecule has 1 atom stereocenters. The number of pyridine rings is 1. The van der Waals surface area contributed by atoms with Crippen LogP contribution in [0.25, 0.3) is 11.3 Å². The van der Waals surface area contributed by atoms with E-state index < -0.39 is 17.9 Å². The van der Waals surface area contributed by atoms with Crippen LogP contribution in [0, 0.1) is 0 Å². The Morgan fingerprint density at radius 3 is 2.46 bits per heavy atom. The maximum absolute atomic E-state index is 12.2. The third-order valence-corrected chi connectivity index (χ3v) is 3.45. The van der Waals surface area contributed by atoms with E-state index >= 15 is 0 Å². The number of amides is 1. The van der Waals surface area contributed by atoms with Gasteiger partial charge in [-0.1, -0.05) is 13.0 Å². The van der Waals surface area contributed by atoms with E-state index in [4.69, 9.17) is 9.84 Å². The molecule has 6 nitrogen and oxygen atoms in total. The van der Waals surface area contributed by atoms with Crippen molar-refractivity contribution in [3.63, 3.8) is 0 Å². The van der Waals surface area contributed by atoms with Crippen molar-refractivity contribution >= 4 is 11.9 Å². The SMILES string of the molecule is CCOc1ccc(-c2cccc(C(=O)N[C@@H](CC)C(=O)O)n2)cc1. The van der Waals surface area contributed by atoms with E-state index in [0.29, 0.717) is 18.7 Å². The molecule has 0 fully saturated rings. The number of nitrogens with one attached hydrogen (secondary N) is 1. The molecular formula is C18H20N2O4. The van der Waals surface area contributed by atoms with E-state index in [9.17, 15) is 9.59 Å². The zero-order valence-electron chi connectivity index (χ0n) is 13.7. The molecule has 0 aliphatic rings. The largest absolute Gasteiger partial charge is 0.494 e. The lowest BCUT2D eigenvalue weighted by Gasteiger charge is -2.12. The topological polar surface area (TPSA) is 88.5 Å². The van der Waals surface area contributed by atoms with Crippen molar-refractivity contribution in [3.8, 4) is 17.0 Å². The first-order valence-electron chi connectivity index (χ1n) is 7.79. The minimum atomic E-state index is -1.06. The fraction of sp³-hybridized carbons (Fsp3) is 0.278. The quantitative estimate of drug-likeness (QED) is 0.816. The molecule has 0 unspecified atom stereocenters. The second-order valence-electron chi connectivity index (χ2n) is 5.14. The van der Waals surface area contributed by atoms with Crippen molar-refractivity contribution < 1.29 is 19.4 Å². The molecule has 126 valence electrons. The highest BCUT2D eigenvalue weighted by Crippen LogP contribution is 2.21. The number of carboxylic acids is 1. The molecule has 0 spiro atoms. The summed E-state index contributed by atoms with van der Waals surface area (Å²) in [7, 11) is 0. The van der Waals surface area contributed by atoms with Gasteiger partial charge in [0.25, 0.3) is 5.91 Å². The van der Waals surface area contributed by atoms with Crippen LogP contribution < -0.4 is 10.1 Å². The Hall–Kier alpha value is -2.89. The van der Waals surface area contributed by atoms with Gasteiger partial charge in [-0.2, -0.15) is 0 Å². The molecule has 0 aliphatic carbocycles. The second kappa shape index (κ2) is 8.10. The first kappa shape index (κ1) is 17.5. The molecule has 1 heterocycles. The summed E-state index contributed by atoms with van der Waals surface area (Å²) >= 11 is 0. The Balaban J connectivity index is 2.19. The summed E-state index contributed by atoms with van der Waals surface area (Å²) in [6.45, 7) is 4.20.